The van der Waals surface area contributed by atoms with E-state index < -0.39 is 0 Å². The minimum atomic E-state index is 0.634. The molecule has 1 N–H and O–H groups in total. The first kappa shape index (κ1) is 11.7. The van der Waals surface area contributed by atoms with E-state index >= 15 is 0 Å². The molecule has 1 fully saturated rings. The number of nitrogens with one attached hydrogen (secondary N) is 1. The van der Waals surface area contributed by atoms with Crippen molar-refractivity contribution in [3.05, 3.63) is 21.9 Å². The zero-order valence-corrected chi connectivity index (χ0v) is 11.6. The van der Waals surface area contributed by atoms with E-state index in [1.165, 1.54) is 25.8 Å². The summed E-state index contributed by atoms with van der Waals surface area (Å²) in [5, 5.41) is 5.86. The van der Waals surface area contributed by atoms with Gasteiger partial charge in [0.1, 0.15) is 0 Å². The second-order valence-corrected chi connectivity index (χ2v) is 6.56. The van der Waals surface area contributed by atoms with Gasteiger partial charge in [-0.05, 0) is 50.1 Å². The number of fused-ring (bicyclic) bond motifs is 1. The SMILES string of the molecule is CC1CN(C2CCCc3sccc32)C(C)CN1. The molecule has 0 spiro atoms. The Labute approximate surface area is 108 Å². The number of hydrogen-bond acceptors (Lipinski definition) is 3. The third-order valence-electron chi connectivity index (χ3n) is 4.23. The predicted molar refractivity (Wildman–Crippen MR) is 73.6 cm³/mol. The topological polar surface area (TPSA) is 15.3 Å². The van der Waals surface area contributed by atoms with Gasteiger partial charge >= 0.3 is 0 Å². The summed E-state index contributed by atoms with van der Waals surface area (Å²) in [6.07, 6.45) is 4.02. The fraction of sp³-hybridized carbons (Fsp3) is 0.714. The summed E-state index contributed by atoms with van der Waals surface area (Å²) in [4.78, 5) is 4.37. The van der Waals surface area contributed by atoms with Crippen LogP contribution in [-0.2, 0) is 6.42 Å². The normalized spacial score (nSPS) is 34.6. The lowest BCUT2D eigenvalue weighted by atomic mass is 9.91. The third-order valence-corrected chi connectivity index (χ3v) is 5.23. The second-order valence-electron chi connectivity index (χ2n) is 5.56. The first-order valence-electron chi connectivity index (χ1n) is 6.81. The van der Waals surface area contributed by atoms with Crippen LogP contribution >= 0.6 is 11.3 Å². The summed E-state index contributed by atoms with van der Waals surface area (Å²) in [5.41, 5.74) is 1.63. The maximum atomic E-state index is 3.58. The Morgan fingerprint density at radius 1 is 1.41 bits per heavy atom. The Balaban J connectivity index is 1.85. The summed E-state index contributed by atoms with van der Waals surface area (Å²) in [7, 11) is 0. The van der Waals surface area contributed by atoms with Gasteiger partial charge in [-0.3, -0.25) is 4.90 Å². The van der Waals surface area contributed by atoms with Crippen LogP contribution in [0.5, 0.6) is 0 Å². The minimum absolute atomic E-state index is 0.634. The molecule has 2 nitrogen and oxygen atoms in total. The van der Waals surface area contributed by atoms with Crippen LogP contribution in [-0.4, -0.2) is 30.1 Å². The van der Waals surface area contributed by atoms with E-state index in [9.17, 15) is 0 Å². The molecule has 0 amide bonds. The average Bonchev–Trinajstić information content (AvgIpc) is 2.80. The molecule has 3 rings (SSSR count). The molecule has 0 saturated carbocycles. The van der Waals surface area contributed by atoms with Crippen LogP contribution in [0.4, 0.5) is 0 Å². The molecule has 0 radical (unpaired) electrons. The number of rotatable bonds is 1. The zero-order valence-electron chi connectivity index (χ0n) is 10.8. The third kappa shape index (κ3) is 2.16. The van der Waals surface area contributed by atoms with E-state index in [0.29, 0.717) is 18.1 Å². The lowest BCUT2D eigenvalue weighted by Crippen LogP contribution is -2.55. The average molecular weight is 250 g/mol. The number of piperazine rings is 1. The molecule has 1 aromatic heterocycles. The fourth-order valence-corrected chi connectivity index (χ4v) is 4.27. The molecule has 1 aromatic rings. The molecule has 94 valence electrons. The maximum Gasteiger partial charge on any atom is 0.0363 e. The molecule has 2 aliphatic rings. The Morgan fingerprint density at radius 2 is 2.29 bits per heavy atom. The van der Waals surface area contributed by atoms with Crippen molar-refractivity contribution >= 4 is 11.3 Å². The van der Waals surface area contributed by atoms with Crippen molar-refractivity contribution in [2.45, 2.75) is 51.2 Å². The van der Waals surface area contributed by atoms with Crippen LogP contribution < -0.4 is 5.32 Å². The zero-order chi connectivity index (χ0) is 11.8. The van der Waals surface area contributed by atoms with Crippen LogP contribution in [0.25, 0.3) is 0 Å². The van der Waals surface area contributed by atoms with Crippen LogP contribution in [0, 0.1) is 0 Å². The first-order valence-corrected chi connectivity index (χ1v) is 7.69. The van der Waals surface area contributed by atoms with Gasteiger partial charge in [0.05, 0.1) is 0 Å². The summed E-state index contributed by atoms with van der Waals surface area (Å²) >= 11 is 1.95. The molecule has 3 unspecified atom stereocenters. The van der Waals surface area contributed by atoms with E-state index in [1.54, 1.807) is 10.4 Å². The summed E-state index contributed by atoms with van der Waals surface area (Å²) < 4.78 is 0. The molecule has 1 aliphatic carbocycles. The highest BCUT2D eigenvalue weighted by Crippen LogP contribution is 2.38. The van der Waals surface area contributed by atoms with Gasteiger partial charge in [0, 0.05) is 36.1 Å². The van der Waals surface area contributed by atoms with Crippen molar-refractivity contribution in [3.8, 4) is 0 Å². The minimum Gasteiger partial charge on any atom is -0.311 e. The summed E-state index contributed by atoms with van der Waals surface area (Å²) in [5.74, 6) is 0. The van der Waals surface area contributed by atoms with Crippen molar-refractivity contribution in [1.29, 1.82) is 0 Å². The Morgan fingerprint density at radius 3 is 3.18 bits per heavy atom. The predicted octanol–water partition coefficient (Wildman–Crippen LogP) is 2.81. The Kier molecular flexibility index (Phi) is 3.24. The van der Waals surface area contributed by atoms with Crippen molar-refractivity contribution < 1.29 is 0 Å². The molecule has 17 heavy (non-hydrogen) atoms. The summed E-state index contributed by atoms with van der Waals surface area (Å²) in [6.45, 7) is 6.99. The molecular formula is C14H22N2S. The molecular weight excluding hydrogens is 228 g/mol. The number of nitrogens with zero attached hydrogens (tertiary/aromatic N) is 1. The molecule has 0 bridgehead atoms. The number of hydrogen-bond donors (Lipinski definition) is 1. The highest BCUT2D eigenvalue weighted by molar-refractivity contribution is 7.10. The van der Waals surface area contributed by atoms with Crippen LogP contribution in [0.15, 0.2) is 11.4 Å². The molecule has 3 atom stereocenters. The van der Waals surface area contributed by atoms with Crippen molar-refractivity contribution in [1.82, 2.24) is 10.2 Å². The maximum absolute atomic E-state index is 3.58. The lowest BCUT2D eigenvalue weighted by molar-refractivity contribution is 0.0853. The van der Waals surface area contributed by atoms with Gasteiger partial charge in [-0.25, -0.2) is 0 Å². The van der Waals surface area contributed by atoms with E-state index in [-0.39, 0.29) is 0 Å². The smallest absolute Gasteiger partial charge is 0.0363 e. The van der Waals surface area contributed by atoms with Crippen molar-refractivity contribution in [3.63, 3.8) is 0 Å². The molecule has 0 aromatic carbocycles. The molecule has 1 aliphatic heterocycles. The van der Waals surface area contributed by atoms with Gasteiger partial charge in [0.2, 0.25) is 0 Å². The monoisotopic (exact) mass is 250 g/mol. The van der Waals surface area contributed by atoms with Gasteiger partial charge in [0.25, 0.3) is 0 Å². The van der Waals surface area contributed by atoms with Gasteiger partial charge < -0.3 is 5.32 Å². The van der Waals surface area contributed by atoms with E-state index in [1.807, 2.05) is 11.3 Å². The highest BCUT2D eigenvalue weighted by Gasteiger charge is 2.32. The second kappa shape index (κ2) is 4.71. The van der Waals surface area contributed by atoms with Gasteiger partial charge in [-0.15, -0.1) is 11.3 Å². The van der Waals surface area contributed by atoms with E-state index in [4.69, 9.17) is 0 Å². The number of aryl methyl sites for hydroxylation is 1. The Hall–Kier alpha value is -0.380. The standard InChI is InChI=1S/C14H22N2S/c1-10-9-16(11(2)8-15-10)13-4-3-5-14-12(13)6-7-17-14/h6-7,10-11,13,15H,3-5,8-9H2,1-2H3. The van der Waals surface area contributed by atoms with Crippen LogP contribution in [0.1, 0.15) is 43.2 Å². The largest absolute Gasteiger partial charge is 0.311 e. The molecule has 2 heterocycles. The molecule has 3 heteroatoms. The first-order chi connectivity index (χ1) is 8.25. The summed E-state index contributed by atoms with van der Waals surface area (Å²) in [6, 6.07) is 4.35. The van der Waals surface area contributed by atoms with Crippen LogP contribution in [0.2, 0.25) is 0 Å². The van der Waals surface area contributed by atoms with Crippen LogP contribution in [0.3, 0.4) is 0 Å². The van der Waals surface area contributed by atoms with Gasteiger partial charge in [0.15, 0.2) is 0 Å². The van der Waals surface area contributed by atoms with Crippen molar-refractivity contribution in [2.24, 2.45) is 0 Å². The van der Waals surface area contributed by atoms with Crippen molar-refractivity contribution in [2.75, 3.05) is 13.1 Å². The molecule has 1 saturated heterocycles. The van der Waals surface area contributed by atoms with Gasteiger partial charge in [-0.2, -0.15) is 0 Å². The van der Waals surface area contributed by atoms with E-state index in [2.05, 4.69) is 35.5 Å². The highest BCUT2D eigenvalue weighted by atomic mass is 32.1. The van der Waals surface area contributed by atoms with E-state index in [0.717, 1.165) is 6.54 Å². The Bertz CT molecular complexity index is 387. The number of thiophene rings is 1. The fourth-order valence-electron chi connectivity index (χ4n) is 3.29. The quantitative estimate of drug-likeness (QED) is 0.824. The lowest BCUT2D eigenvalue weighted by Gasteiger charge is -2.44. The van der Waals surface area contributed by atoms with Gasteiger partial charge in [-0.1, -0.05) is 0 Å².